The van der Waals surface area contributed by atoms with E-state index in [0.717, 1.165) is 23.4 Å². The van der Waals surface area contributed by atoms with Crippen LogP contribution in [0.1, 0.15) is 44.4 Å². The van der Waals surface area contributed by atoms with E-state index >= 15 is 0 Å². The molecule has 0 aliphatic carbocycles. The van der Waals surface area contributed by atoms with Crippen molar-refractivity contribution in [3.8, 4) is 11.5 Å². The first-order valence-electron chi connectivity index (χ1n) is 11.0. The van der Waals surface area contributed by atoms with Gasteiger partial charge >= 0.3 is 0 Å². The maximum Gasteiger partial charge on any atom is 0.233 e. The van der Waals surface area contributed by atoms with Crippen LogP contribution < -0.4 is 19.7 Å². The molecule has 0 spiro atoms. The Bertz CT molecular complexity index is 1140. The molecular weight excluding hydrogens is 438 g/mol. The SMILES string of the molecule is COc1cc2c(cc1OC)CN(c1nc(Cl)nc(Nc3ccc(C(C)(C)C)cc3)n1)C(C)C2. The molecule has 0 radical (unpaired) electrons. The van der Waals surface area contributed by atoms with E-state index in [1.54, 1.807) is 14.2 Å². The Balaban J connectivity index is 1.60. The van der Waals surface area contributed by atoms with Crippen molar-refractivity contribution in [3.63, 3.8) is 0 Å². The van der Waals surface area contributed by atoms with Crippen LogP contribution in [-0.2, 0) is 18.4 Å². The van der Waals surface area contributed by atoms with Gasteiger partial charge in [-0.1, -0.05) is 32.9 Å². The molecule has 2 heterocycles. The van der Waals surface area contributed by atoms with E-state index in [-0.39, 0.29) is 16.7 Å². The zero-order valence-electron chi connectivity index (χ0n) is 19.9. The highest BCUT2D eigenvalue weighted by molar-refractivity contribution is 6.28. The quantitative estimate of drug-likeness (QED) is 0.528. The summed E-state index contributed by atoms with van der Waals surface area (Å²) in [6.45, 7) is 9.36. The molecule has 1 atom stereocenters. The first kappa shape index (κ1) is 23.1. The smallest absolute Gasteiger partial charge is 0.233 e. The van der Waals surface area contributed by atoms with Gasteiger partial charge in [0.2, 0.25) is 17.2 Å². The summed E-state index contributed by atoms with van der Waals surface area (Å²) in [5.41, 5.74) is 4.62. The molecule has 0 amide bonds. The normalized spacial score (nSPS) is 15.7. The van der Waals surface area contributed by atoms with Crippen LogP contribution in [0, 0.1) is 0 Å². The van der Waals surface area contributed by atoms with E-state index < -0.39 is 0 Å². The highest BCUT2D eigenvalue weighted by atomic mass is 35.5. The number of ether oxygens (including phenoxy) is 2. The van der Waals surface area contributed by atoms with E-state index in [1.165, 1.54) is 11.1 Å². The third-order valence-corrected chi connectivity index (χ3v) is 6.12. The van der Waals surface area contributed by atoms with Gasteiger partial charge in [0, 0.05) is 18.3 Å². The maximum absolute atomic E-state index is 6.29. The van der Waals surface area contributed by atoms with Crippen LogP contribution in [0.25, 0.3) is 0 Å². The van der Waals surface area contributed by atoms with Crippen molar-refractivity contribution >= 4 is 29.2 Å². The fourth-order valence-electron chi connectivity index (χ4n) is 4.04. The monoisotopic (exact) mass is 467 g/mol. The van der Waals surface area contributed by atoms with E-state index in [0.29, 0.717) is 24.2 Å². The van der Waals surface area contributed by atoms with Gasteiger partial charge in [0.05, 0.1) is 14.2 Å². The molecule has 1 aliphatic heterocycles. The van der Waals surface area contributed by atoms with E-state index in [1.807, 2.05) is 18.2 Å². The molecule has 8 heteroatoms. The minimum Gasteiger partial charge on any atom is -0.493 e. The van der Waals surface area contributed by atoms with Crippen molar-refractivity contribution < 1.29 is 9.47 Å². The molecule has 0 fully saturated rings. The number of nitrogens with one attached hydrogen (secondary N) is 1. The first-order chi connectivity index (χ1) is 15.7. The summed E-state index contributed by atoms with van der Waals surface area (Å²) >= 11 is 6.29. The summed E-state index contributed by atoms with van der Waals surface area (Å²) in [6.07, 6.45) is 0.829. The fraction of sp³-hybridized carbons (Fsp3) is 0.400. The van der Waals surface area contributed by atoms with Gasteiger partial charge in [0.25, 0.3) is 0 Å². The van der Waals surface area contributed by atoms with E-state index in [2.05, 4.69) is 71.1 Å². The molecule has 4 rings (SSSR count). The predicted molar refractivity (Wildman–Crippen MR) is 132 cm³/mol. The summed E-state index contributed by atoms with van der Waals surface area (Å²) in [6, 6.07) is 12.5. The third-order valence-electron chi connectivity index (χ3n) is 5.95. The standard InChI is InChI=1S/C25H30ClN5O2/c1-15-11-16-12-20(32-5)21(33-6)13-17(16)14-31(15)24-29-22(26)28-23(30-24)27-19-9-7-18(8-10-19)25(2,3)4/h7-10,12-13,15H,11,14H2,1-6H3,(H,27,28,29,30). The second-order valence-electron chi connectivity index (χ2n) is 9.34. The van der Waals surface area contributed by atoms with Crippen molar-refractivity contribution in [1.29, 1.82) is 0 Å². The van der Waals surface area contributed by atoms with Crippen molar-refractivity contribution in [2.45, 2.75) is 52.1 Å². The lowest BCUT2D eigenvalue weighted by atomic mass is 9.87. The molecular formula is C25H30ClN5O2. The minimum absolute atomic E-state index is 0.0928. The second-order valence-corrected chi connectivity index (χ2v) is 9.68. The summed E-state index contributed by atoms with van der Waals surface area (Å²) in [4.78, 5) is 15.5. The lowest BCUT2D eigenvalue weighted by molar-refractivity contribution is 0.353. The predicted octanol–water partition coefficient (Wildman–Crippen LogP) is 5.53. The fourth-order valence-corrected chi connectivity index (χ4v) is 4.20. The van der Waals surface area contributed by atoms with E-state index in [4.69, 9.17) is 21.1 Å². The molecule has 7 nitrogen and oxygen atoms in total. The molecule has 1 unspecified atom stereocenters. The van der Waals surface area contributed by atoms with Crippen LogP contribution in [0.2, 0.25) is 5.28 Å². The zero-order chi connectivity index (χ0) is 23.8. The van der Waals surface area contributed by atoms with E-state index in [9.17, 15) is 0 Å². The number of benzene rings is 2. The summed E-state index contributed by atoms with van der Waals surface area (Å²) < 4.78 is 11.0. The topological polar surface area (TPSA) is 72.4 Å². The highest BCUT2D eigenvalue weighted by Gasteiger charge is 2.27. The molecule has 0 saturated carbocycles. The van der Waals surface area contributed by atoms with Crippen molar-refractivity contribution in [2.24, 2.45) is 0 Å². The Labute approximate surface area is 200 Å². The van der Waals surface area contributed by atoms with Crippen molar-refractivity contribution in [1.82, 2.24) is 15.0 Å². The Morgan fingerprint density at radius 3 is 2.21 bits per heavy atom. The summed E-state index contributed by atoms with van der Waals surface area (Å²) in [5.74, 6) is 2.40. The second kappa shape index (κ2) is 9.06. The lowest BCUT2D eigenvalue weighted by Crippen LogP contribution is -2.39. The first-order valence-corrected chi connectivity index (χ1v) is 11.4. The number of hydrogen-bond acceptors (Lipinski definition) is 7. The van der Waals surface area contributed by atoms with Gasteiger partial charge in [-0.3, -0.25) is 0 Å². The number of nitrogens with zero attached hydrogens (tertiary/aromatic N) is 4. The molecule has 0 saturated heterocycles. The van der Waals surface area contributed by atoms with Gasteiger partial charge < -0.3 is 19.7 Å². The number of anilines is 3. The lowest BCUT2D eigenvalue weighted by Gasteiger charge is -2.35. The van der Waals surface area contributed by atoms with Gasteiger partial charge in [-0.05, 0) is 71.3 Å². The number of hydrogen-bond donors (Lipinski definition) is 1. The molecule has 1 N–H and O–H groups in total. The van der Waals surface area contributed by atoms with Crippen LogP contribution >= 0.6 is 11.6 Å². The van der Waals surface area contributed by atoms with Crippen molar-refractivity contribution in [2.75, 3.05) is 24.4 Å². The Hall–Kier alpha value is -3.06. The Kier molecular flexibility index (Phi) is 6.34. The third kappa shape index (κ3) is 4.98. The van der Waals surface area contributed by atoms with Gasteiger partial charge in [-0.15, -0.1) is 0 Å². The van der Waals surface area contributed by atoms with Gasteiger partial charge in [-0.2, -0.15) is 15.0 Å². The molecule has 3 aromatic rings. The van der Waals surface area contributed by atoms with Crippen molar-refractivity contribution in [3.05, 3.63) is 58.4 Å². The number of methoxy groups -OCH3 is 2. The number of aromatic nitrogens is 3. The van der Waals surface area contributed by atoms with Crippen LogP contribution in [0.5, 0.6) is 11.5 Å². The highest BCUT2D eigenvalue weighted by Crippen LogP contribution is 2.36. The average molecular weight is 468 g/mol. The maximum atomic E-state index is 6.29. The molecule has 1 aromatic heterocycles. The van der Waals surface area contributed by atoms with Gasteiger partial charge in [-0.25, -0.2) is 0 Å². The van der Waals surface area contributed by atoms with Crippen LogP contribution in [-0.4, -0.2) is 35.2 Å². The van der Waals surface area contributed by atoms with Gasteiger partial charge in [0.1, 0.15) is 0 Å². The summed E-state index contributed by atoms with van der Waals surface area (Å²) in [7, 11) is 3.30. The van der Waals surface area contributed by atoms with Crippen LogP contribution in [0.15, 0.2) is 36.4 Å². The molecule has 33 heavy (non-hydrogen) atoms. The molecule has 0 bridgehead atoms. The van der Waals surface area contributed by atoms with Crippen LogP contribution in [0.4, 0.5) is 17.6 Å². The number of fused-ring (bicyclic) bond motifs is 1. The molecule has 1 aliphatic rings. The Morgan fingerprint density at radius 2 is 1.61 bits per heavy atom. The zero-order valence-corrected chi connectivity index (χ0v) is 20.7. The number of rotatable bonds is 5. The van der Waals surface area contributed by atoms with Gasteiger partial charge in [0.15, 0.2) is 11.5 Å². The minimum atomic E-state index is 0.0928. The van der Waals surface area contributed by atoms with Crippen LogP contribution in [0.3, 0.4) is 0 Å². The Morgan fingerprint density at radius 1 is 0.970 bits per heavy atom. The largest absolute Gasteiger partial charge is 0.493 e. The average Bonchev–Trinajstić information content (AvgIpc) is 2.77. The molecule has 2 aromatic carbocycles. The number of halogens is 1. The summed E-state index contributed by atoms with van der Waals surface area (Å²) in [5, 5.41) is 3.41. The molecule has 174 valence electrons.